The standard InChI is InChI=1S/C21H25N3O2S.ClH/c1-15-6-8-16(9-7-15)13-23-21(26)18-4-2-3-5-19(18)24-20(25)12-17-14-27-11-10-22-17;/h2-9,17,22H,10-14H2,1H3,(H,23,26)(H,24,25);1H. The molecule has 0 saturated carbocycles. The van der Waals surface area contributed by atoms with Gasteiger partial charge in [0.1, 0.15) is 0 Å². The van der Waals surface area contributed by atoms with Crippen LogP contribution in [0.5, 0.6) is 0 Å². The van der Waals surface area contributed by atoms with Crippen LogP contribution >= 0.6 is 24.2 Å². The molecule has 1 aliphatic heterocycles. The van der Waals surface area contributed by atoms with E-state index in [0.29, 0.717) is 24.2 Å². The maximum absolute atomic E-state index is 12.6. The summed E-state index contributed by atoms with van der Waals surface area (Å²) in [5.41, 5.74) is 3.25. The molecule has 5 nitrogen and oxygen atoms in total. The Bertz CT molecular complexity index is 792. The van der Waals surface area contributed by atoms with Crippen LogP contribution < -0.4 is 16.0 Å². The number of para-hydroxylation sites is 1. The number of benzene rings is 2. The van der Waals surface area contributed by atoms with Crippen molar-refractivity contribution in [2.45, 2.75) is 25.9 Å². The summed E-state index contributed by atoms with van der Waals surface area (Å²) in [6.07, 6.45) is 0.409. The normalized spacial score (nSPS) is 16.0. The Balaban J connectivity index is 0.00000280. The van der Waals surface area contributed by atoms with E-state index in [1.807, 2.05) is 49.0 Å². The summed E-state index contributed by atoms with van der Waals surface area (Å²) in [7, 11) is 0. The Morgan fingerprint density at radius 1 is 1.14 bits per heavy atom. The summed E-state index contributed by atoms with van der Waals surface area (Å²) in [6.45, 7) is 3.41. The zero-order valence-corrected chi connectivity index (χ0v) is 17.5. The number of hydrogen-bond acceptors (Lipinski definition) is 4. The largest absolute Gasteiger partial charge is 0.348 e. The Hall–Kier alpha value is -2.02. The van der Waals surface area contributed by atoms with Crippen LogP contribution in [0.3, 0.4) is 0 Å². The van der Waals surface area contributed by atoms with Crippen LogP contribution in [0.15, 0.2) is 48.5 Å². The highest BCUT2D eigenvalue weighted by Crippen LogP contribution is 2.17. The van der Waals surface area contributed by atoms with Gasteiger partial charge in [0.05, 0.1) is 11.3 Å². The van der Waals surface area contributed by atoms with Crippen molar-refractivity contribution in [2.75, 3.05) is 23.4 Å². The summed E-state index contributed by atoms with van der Waals surface area (Å²) < 4.78 is 0. The molecule has 7 heteroatoms. The number of halogens is 1. The molecule has 3 rings (SSSR count). The first-order valence-corrected chi connectivity index (χ1v) is 10.3. The molecule has 1 saturated heterocycles. The van der Waals surface area contributed by atoms with Crippen LogP contribution in [0.1, 0.15) is 27.9 Å². The van der Waals surface area contributed by atoms with Gasteiger partial charge in [-0.1, -0.05) is 42.0 Å². The van der Waals surface area contributed by atoms with Gasteiger partial charge in [0.2, 0.25) is 5.91 Å². The van der Waals surface area contributed by atoms with E-state index in [9.17, 15) is 9.59 Å². The van der Waals surface area contributed by atoms with Gasteiger partial charge in [-0.3, -0.25) is 9.59 Å². The van der Waals surface area contributed by atoms with Gasteiger partial charge in [-0.25, -0.2) is 0 Å². The fourth-order valence-electron chi connectivity index (χ4n) is 2.95. The van der Waals surface area contributed by atoms with E-state index >= 15 is 0 Å². The molecule has 0 radical (unpaired) electrons. The molecule has 1 fully saturated rings. The zero-order chi connectivity index (χ0) is 19.1. The van der Waals surface area contributed by atoms with Crippen molar-refractivity contribution >= 4 is 41.7 Å². The zero-order valence-electron chi connectivity index (χ0n) is 15.9. The highest BCUT2D eigenvalue weighted by atomic mass is 35.5. The number of hydrogen-bond donors (Lipinski definition) is 3. The number of thioether (sulfide) groups is 1. The lowest BCUT2D eigenvalue weighted by Gasteiger charge is -2.22. The molecular formula is C21H26ClN3O2S. The molecule has 28 heavy (non-hydrogen) atoms. The monoisotopic (exact) mass is 419 g/mol. The van der Waals surface area contributed by atoms with Crippen LogP contribution in [0.2, 0.25) is 0 Å². The van der Waals surface area contributed by atoms with Crippen LogP contribution in [0.25, 0.3) is 0 Å². The fraction of sp³-hybridized carbons (Fsp3) is 0.333. The molecule has 3 N–H and O–H groups in total. The molecule has 2 aromatic carbocycles. The minimum atomic E-state index is -0.196. The van der Waals surface area contributed by atoms with Crippen molar-refractivity contribution in [3.63, 3.8) is 0 Å². The number of anilines is 1. The number of carbonyl (C=O) groups is 2. The predicted molar refractivity (Wildman–Crippen MR) is 118 cm³/mol. The Kier molecular flexibility index (Phi) is 8.83. The van der Waals surface area contributed by atoms with Crippen molar-refractivity contribution in [3.8, 4) is 0 Å². The Morgan fingerprint density at radius 3 is 2.61 bits per heavy atom. The van der Waals surface area contributed by atoms with Gasteiger partial charge < -0.3 is 16.0 Å². The van der Waals surface area contributed by atoms with Crippen LogP contribution in [0.4, 0.5) is 5.69 Å². The number of aryl methyl sites for hydroxylation is 1. The number of nitrogens with one attached hydrogen (secondary N) is 3. The molecule has 1 unspecified atom stereocenters. The summed E-state index contributed by atoms with van der Waals surface area (Å²) in [4.78, 5) is 25.0. The molecule has 2 amide bonds. The molecule has 0 aromatic heterocycles. The van der Waals surface area contributed by atoms with E-state index in [1.54, 1.807) is 18.2 Å². The van der Waals surface area contributed by atoms with Gasteiger partial charge in [-0.05, 0) is 24.6 Å². The second-order valence-electron chi connectivity index (χ2n) is 6.69. The molecule has 1 aliphatic rings. The third-order valence-electron chi connectivity index (χ3n) is 4.45. The smallest absolute Gasteiger partial charge is 0.253 e. The third-order valence-corrected chi connectivity index (χ3v) is 5.58. The molecular weight excluding hydrogens is 394 g/mol. The Morgan fingerprint density at radius 2 is 1.89 bits per heavy atom. The van der Waals surface area contributed by atoms with Gasteiger partial charge in [-0.15, -0.1) is 12.4 Å². The first-order valence-electron chi connectivity index (χ1n) is 9.15. The quantitative estimate of drug-likeness (QED) is 0.671. The number of carbonyl (C=O) groups excluding carboxylic acids is 2. The fourth-order valence-corrected chi connectivity index (χ4v) is 3.90. The van der Waals surface area contributed by atoms with Crippen molar-refractivity contribution in [2.24, 2.45) is 0 Å². The second-order valence-corrected chi connectivity index (χ2v) is 7.84. The topological polar surface area (TPSA) is 70.2 Å². The highest BCUT2D eigenvalue weighted by Gasteiger charge is 2.18. The highest BCUT2D eigenvalue weighted by molar-refractivity contribution is 7.99. The van der Waals surface area contributed by atoms with E-state index in [2.05, 4.69) is 16.0 Å². The van der Waals surface area contributed by atoms with Gasteiger partial charge in [0, 0.05) is 37.1 Å². The molecule has 150 valence electrons. The SMILES string of the molecule is Cc1ccc(CNC(=O)c2ccccc2NC(=O)CC2CSCCN2)cc1.Cl. The van der Waals surface area contributed by atoms with Gasteiger partial charge in [-0.2, -0.15) is 11.8 Å². The van der Waals surface area contributed by atoms with Crippen molar-refractivity contribution in [1.82, 2.24) is 10.6 Å². The van der Waals surface area contributed by atoms with E-state index in [-0.39, 0.29) is 30.3 Å². The third kappa shape index (κ3) is 6.55. The van der Waals surface area contributed by atoms with Crippen LogP contribution in [-0.4, -0.2) is 35.9 Å². The Labute approximate surface area is 176 Å². The average Bonchev–Trinajstić information content (AvgIpc) is 2.68. The molecule has 1 heterocycles. The van der Waals surface area contributed by atoms with E-state index in [0.717, 1.165) is 23.6 Å². The minimum absolute atomic E-state index is 0. The van der Waals surface area contributed by atoms with Crippen LogP contribution in [0, 0.1) is 6.92 Å². The van der Waals surface area contributed by atoms with Gasteiger partial charge >= 0.3 is 0 Å². The summed E-state index contributed by atoms with van der Waals surface area (Å²) in [6, 6.07) is 15.3. The van der Waals surface area contributed by atoms with Crippen molar-refractivity contribution in [3.05, 3.63) is 65.2 Å². The number of amides is 2. The summed E-state index contributed by atoms with van der Waals surface area (Å²) in [5.74, 6) is 1.75. The van der Waals surface area contributed by atoms with Crippen molar-refractivity contribution < 1.29 is 9.59 Å². The molecule has 0 spiro atoms. The van der Waals surface area contributed by atoms with Gasteiger partial charge in [0.25, 0.3) is 5.91 Å². The molecule has 0 aliphatic carbocycles. The lowest BCUT2D eigenvalue weighted by molar-refractivity contribution is -0.116. The predicted octanol–water partition coefficient (Wildman–Crippen LogP) is 3.38. The van der Waals surface area contributed by atoms with Crippen LogP contribution in [-0.2, 0) is 11.3 Å². The second kappa shape index (κ2) is 11.1. The average molecular weight is 420 g/mol. The first kappa shape index (κ1) is 22.3. The maximum atomic E-state index is 12.6. The van der Waals surface area contributed by atoms with Gasteiger partial charge in [0.15, 0.2) is 0 Å². The van der Waals surface area contributed by atoms with E-state index in [4.69, 9.17) is 0 Å². The van der Waals surface area contributed by atoms with E-state index < -0.39 is 0 Å². The van der Waals surface area contributed by atoms with E-state index in [1.165, 1.54) is 5.56 Å². The molecule has 2 aromatic rings. The maximum Gasteiger partial charge on any atom is 0.253 e. The first-order chi connectivity index (χ1) is 13.1. The summed E-state index contributed by atoms with van der Waals surface area (Å²) in [5, 5.41) is 9.17. The van der Waals surface area contributed by atoms with Crippen molar-refractivity contribution in [1.29, 1.82) is 0 Å². The molecule has 1 atom stereocenters. The lowest BCUT2D eigenvalue weighted by atomic mass is 10.1. The lowest BCUT2D eigenvalue weighted by Crippen LogP contribution is -2.40. The number of rotatable bonds is 6. The summed E-state index contributed by atoms with van der Waals surface area (Å²) >= 11 is 1.86. The molecule has 0 bridgehead atoms. The minimum Gasteiger partial charge on any atom is -0.348 e.